The molecule has 0 saturated carbocycles. The Morgan fingerprint density at radius 2 is 2.14 bits per heavy atom. The first-order valence-corrected chi connectivity index (χ1v) is 7.73. The van der Waals surface area contributed by atoms with Crippen LogP contribution in [0.1, 0.15) is 13.3 Å². The SMILES string of the molecule is COc1ccc(S(=O)(=O)NCC(C)CCO)cc1[N+](=O)[O-]. The van der Waals surface area contributed by atoms with E-state index in [1.807, 2.05) is 0 Å². The molecule has 0 amide bonds. The van der Waals surface area contributed by atoms with Gasteiger partial charge in [-0.15, -0.1) is 0 Å². The molecular weight excluding hydrogens is 300 g/mol. The largest absolute Gasteiger partial charge is 0.490 e. The number of nitrogens with zero attached hydrogens (tertiary/aromatic N) is 1. The van der Waals surface area contributed by atoms with Crippen molar-refractivity contribution >= 4 is 15.7 Å². The molecule has 0 heterocycles. The molecule has 1 atom stereocenters. The lowest BCUT2D eigenvalue weighted by Gasteiger charge is -2.12. The minimum atomic E-state index is -3.85. The number of sulfonamides is 1. The van der Waals surface area contributed by atoms with Gasteiger partial charge in [0.15, 0.2) is 5.75 Å². The number of hydrogen-bond donors (Lipinski definition) is 2. The van der Waals surface area contributed by atoms with E-state index in [-0.39, 0.29) is 29.7 Å². The Morgan fingerprint density at radius 3 is 2.67 bits per heavy atom. The Balaban J connectivity index is 2.98. The molecule has 21 heavy (non-hydrogen) atoms. The normalized spacial score (nSPS) is 12.9. The highest BCUT2D eigenvalue weighted by atomic mass is 32.2. The summed E-state index contributed by atoms with van der Waals surface area (Å²) in [5, 5.41) is 19.7. The van der Waals surface area contributed by atoms with Crippen LogP contribution >= 0.6 is 0 Å². The number of nitro benzene ring substituents is 1. The lowest BCUT2D eigenvalue weighted by molar-refractivity contribution is -0.386. The number of nitro groups is 1. The minimum Gasteiger partial charge on any atom is -0.490 e. The molecule has 1 aromatic carbocycles. The predicted molar refractivity (Wildman–Crippen MR) is 75.7 cm³/mol. The smallest absolute Gasteiger partial charge is 0.312 e. The fraction of sp³-hybridized carbons (Fsp3) is 0.500. The quantitative estimate of drug-likeness (QED) is 0.543. The Kier molecular flexibility index (Phi) is 6.06. The molecule has 0 radical (unpaired) electrons. The van der Waals surface area contributed by atoms with E-state index in [2.05, 4.69) is 4.72 Å². The Morgan fingerprint density at radius 1 is 1.48 bits per heavy atom. The average molecular weight is 318 g/mol. The van der Waals surface area contributed by atoms with E-state index in [0.717, 1.165) is 6.07 Å². The van der Waals surface area contributed by atoms with E-state index in [1.54, 1.807) is 6.92 Å². The van der Waals surface area contributed by atoms with Crippen LogP contribution in [0.2, 0.25) is 0 Å². The van der Waals surface area contributed by atoms with Crippen molar-refractivity contribution in [2.75, 3.05) is 20.3 Å². The van der Waals surface area contributed by atoms with Gasteiger partial charge in [0.2, 0.25) is 10.0 Å². The van der Waals surface area contributed by atoms with Crippen LogP contribution in [0.25, 0.3) is 0 Å². The Bertz CT molecular complexity index is 602. The van der Waals surface area contributed by atoms with Crippen molar-refractivity contribution in [3.63, 3.8) is 0 Å². The first-order chi connectivity index (χ1) is 9.81. The second kappa shape index (κ2) is 7.34. The third kappa shape index (κ3) is 4.66. The van der Waals surface area contributed by atoms with Gasteiger partial charge in [0.25, 0.3) is 0 Å². The van der Waals surface area contributed by atoms with Gasteiger partial charge in [-0.2, -0.15) is 0 Å². The molecular formula is C12H18N2O6S. The second-order valence-corrected chi connectivity index (χ2v) is 6.33. The summed E-state index contributed by atoms with van der Waals surface area (Å²) in [6, 6.07) is 3.44. The molecule has 9 heteroatoms. The zero-order valence-corrected chi connectivity index (χ0v) is 12.6. The van der Waals surface area contributed by atoms with Crippen LogP contribution in [-0.4, -0.2) is 38.7 Å². The van der Waals surface area contributed by atoms with Gasteiger partial charge in [0.1, 0.15) is 0 Å². The minimum absolute atomic E-state index is 0.00685. The number of rotatable bonds is 8. The summed E-state index contributed by atoms with van der Waals surface area (Å²) in [6.45, 7) is 1.90. The van der Waals surface area contributed by atoms with Crippen molar-refractivity contribution in [1.82, 2.24) is 4.72 Å². The van der Waals surface area contributed by atoms with Crippen LogP contribution in [-0.2, 0) is 10.0 Å². The standard InChI is InChI=1S/C12H18N2O6S/c1-9(5-6-15)8-13-21(18,19)10-3-4-12(20-2)11(7-10)14(16)17/h3-4,7,9,13,15H,5-6,8H2,1-2H3. The highest BCUT2D eigenvalue weighted by molar-refractivity contribution is 7.89. The Hall–Kier alpha value is -1.71. The van der Waals surface area contributed by atoms with Crippen molar-refractivity contribution in [1.29, 1.82) is 0 Å². The maximum atomic E-state index is 12.1. The van der Waals surface area contributed by atoms with Gasteiger partial charge in [-0.1, -0.05) is 6.92 Å². The van der Waals surface area contributed by atoms with Crippen LogP contribution in [0, 0.1) is 16.0 Å². The zero-order chi connectivity index (χ0) is 16.0. The number of aliphatic hydroxyl groups is 1. The molecule has 1 aromatic rings. The van der Waals surface area contributed by atoms with Crippen LogP contribution in [0.5, 0.6) is 5.75 Å². The summed E-state index contributed by atoms with van der Waals surface area (Å²) in [7, 11) is -2.58. The van der Waals surface area contributed by atoms with E-state index < -0.39 is 20.6 Å². The summed E-state index contributed by atoms with van der Waals surface area (Å²) in [5.74, 6) is -0.0504. The van der Waals surface area contributed by atoms with Crippen LogP contribution in [0.3, 0.4) is 0 Å². The number of methoxy groups -OCH3 is 1. The summed E-state index contributed by atoms with van der Waals surface area (Å²) in [4.78, 5) is 9.99. The average Bonchev–Trinajstić information content (AvgIpc) is 2.44. The van der Waals surface area contributed by atoms with Crippen LogP contribution < -0.4 is 9.46 Å². The summed E-state index contributed by atoms with van der Waals surface area (Å²) in [6.07, 6.45) is 0.464. The van der Waals surface area contributed by atoms with E-state index in [0.29, 0.717) is 6.42 Å². The highest BCUT2D eigenvalue weighted by Crippen LogP contribution is 2.29. The number of hydrogen-bond acceptors (Lipinski definition) is 6. The molecule has 0 aliphatic carbocycles. The van der Waals surface area contributed by atoms with Crippen molar-refractivity contribution < 1.29 is 23.2 Å². The highest BCUT2D eigenvalue weighted by Gasteiger charge is 2.22. The van der Waals surface area contributed by atoms with Gasteiger partial charge >= 0.3 is 5.69 Å². The molecule has 1 rings (SSSR count). The number of nitrogens with one attached hydrogen (secondary N) is 1. The fourth-order valence-corrected chi connectivity index (χ4v) is 2.82. The first-order valence-electron chi connectivity index (χ1n) is 6.24. The van der Waals surface area contributed by atoms with Gasteiger partial charge in [0, 0.05) is 19.2 Å². The van der Waals surface area contributed by atoms with Crippen molar-refractivity contribution in [2.45, 2.75) is 18.2 Å². The molecule has 0 spiro atoms. The first kappa shape index (κ1) is 17.3. The van der Waals surface area contributed by atoms with E-state index in [9.17, 15) is 18.5 Å². The number of aliphatic hydroxyl groups excluding tert-OH is 1. The summed E-state index contributed by atoms with van der Waals surface area (Å²) < 4.78 is 31.3. The summed E-state index contributed by atoms with van der Waals surface area (Å²) in [5.41, 5.74) is -0.413. The second-order valence-electron chi connectivity index (χ2n) is 4.56. The van der Waals surface area contributed by atoms with E-state index in [4.69, 9.17) is 9.84 Å². The molecule has 0 aliphatic heterocycles. The third-order valence-electron chi connectivity index (χ3n) is 2.90. The van der Waals surface area contributed by atoms with Gasteiger partial charge in [0.05, 0.1) is 16.9 Å². The lowest BCUT2D eigenvalue weighted by Crippen LogP contribution is -2.28. The van der Waals surface area contributed by atoms with Gasteiger partial charge in [-0.3, -0.25) is 10.1 Å². The molecule has 0 aromatic heterocycles. The van der Waals surface area contributed by atoms with E-state index in [1.165, 1.54) is 19.2 Å². The zero-order valence-electron chi connectivity index (χ0n) is 11.8. The molecule has 0 fully saturated rings. The van der Waals surface area contributed by atoms with Crippen molar-refractivity contribution in [2.24, 2.45) is 5.92 Å². The fourth-order valence-electron chi connectivity index (χ4n) is 1.64. The van der Waals surface area contributed by atoms with Crippen LogP contribution in [0.4, 0.5) is 5.69 Å². The number of benzene rings is 1. The molecule has 118 valence electrons. The summed E-state index contributed by atoms with van der Waals surface area (Å²) >= 11 is 0. The monoisotopic (exact) mass is 318 g/mol. The molecule has 0 aliphatic rings. The maximum absolute atomic E-state index is 12.1. The Labute approximate surface area is 122 Å². The lowest BCUT2D eigenvalue weighted by atomic mass is 10.1. The van der Waals surface area contributed by atoms with Crippen LogP contribution in [0.15, 0.2) is 23.1 Å². The van der Waals surface area contributed by atoms with Crippen molar-refractivity contribution in [3.05, 3.63) is 28.3 Å². The topological polar surface area (TPSA) is 119 Å². The van der Waals surface area contributed by atoms with Gasteiger partial charge in [-0.05, 0) is 24.5 Å². The van der Waals surface area contributed by atoms with Gasteiger partial charge < -0.3 is 9.84 Å². The molecule has 8 nitrogen and oxygen atoms in total. The molecule has 1 unspecified atom stereocenters. The predicted octanol–water partition coefficient (Wildman–Crippen LogP) is 0.900. The van der Waals surface area contributed by atoms with Gasteiger partial charge in [-0.25, -0.2) is 13.1 Å². The number of ether oxygens (including phenoxy) is 1. The molecule has 0 bridgehead atoms. The molecule has 2 N–H and O–H groups in total. The maximum Gasteiger partial charge on any atom is 0.312 e. The van der Waals surface area contributed by atoms with Crippen molar-refractivity contribution in [3.8, 4) is 5.75 Å². The van der Waals surface area contributed by atoms with E-state index >= 15 is 0 Å². The molecule has 0 saturated heterocycles. The third-order valence-corrected chi connectivity index (χ3v) is 4.32.